The Morgan fingerprint density at radius 3 is 2.75 bits per heavy atom. The number of carbonyl (C=O) groups excluding carboxylic acids is 3. The van der Waals surface area contributed by atoms with E-state index in [-0.39, 0.29) is 35.7 Å². The Morgan fingerprint density at radius 1 is 1.19 bits per heavy atom. The number of nitrogens with zero attached hydrogens (tertiary/aromatic N) is 1. The SMILES string of the molecule is CC1(CN[C@@H]2CCCC[C@H]2Oc2ccc3c(c2)CN(C2CCC(=O)NC2=O)C3=O)COC1. The Bertz CT molecular complexity index is 928. The van der Waals surface area contributed by atoms with Gasteiger partial charge in [-0.2, -0.15) is 0 Å². The molecule has 1 saturated carbocycles. The van der Waals surface area contributed by atoms with Crippen LogP contribution in [0.1, 0.15) is 61.4 Å². The van der Waals surface area contributed by atoms with Crippen LogP contribution >= 0.6 is 0 Å². The average Bonchev–Trinajstić information content (AvgIpc) is 3.07. The second-order valence-corrected chi connectivity index (χ2v) is 9.95. The molecule has 1 aromatic rings. The third kappa shape index (κ3) is 4.13. The molecule has 8 nitrogen and oxygen atoms in total. The van der Waals surface area contributed by atoms with Crippen LogP contribution in [0.4, 0.5) is 0 Å². The van der Waals surface area contributed by atoms with Gasteiger partial charge in [-0.25, -0.2) is 0 Å². The maximum Gasteiger partial charge on any atom is 0.255 e. The molecular weight excluding hydrogens is 410 g/mol. The Kier molecular flexibility index (Phi) is 5.67. The topological polar surface area (TPSA) is 97.0 Å². The number of hydrogen-bond acceptors (Lipinski definition) is 6. The van der Waals surface area contributed by atoms with E-state index >= 15 is 0 Å². The van der Waals surface area contributed by atoms with Crippen molar-refractivity contribution in [3.05, 3.63) is 29.3 Å². The second kappa shape index (κ2) is 8.48. The van der Waals surface area contributed by atoms with Crippen LogP contribution in [0, 0.1) is 5.41 Å². The predicted molar refractivity (Wildman–Crippen MR) is 116 cm³/mol. The van der Waals surface area contributed by atoms with Crippen LogP contribution in [0.3, 0.4) is 0 Å². The molecule has 1 aromatic carbocycles. The Hall–Kier alpha value is -2.45. The average molecular weight is 442 g/mol. The lowest BCUT2D eigenvalue weighted by Crippen LogP contribution is -2.53. The minimum absolute atomic E-state index is 0.0923. The number of hydrogen-bond donors (Lipinski definition) is 2. The van der Waals surface area contributed by atoms with Crippen molar-refractivity contribution in [3.63, 3.8) is 0 Å². The lowest BCUT2D eigenvalue weighted by atomic mass is 9.86. The molecule has 172 valence electrons. The van der Waals surface area contributed by atoms with Gasteiger partial charge in [0.2, 0.25) is 11.8 Å². The maximum atomic E-state index is 12.9. The van der Waals surface area contributed by atoms with Gasteiger partial charge in [0.05, 0.1) is 13.2 Å². The fourth-order valence-electron chi connectivity index (χ4n) is 5.20. The van der Waals surface area contributed by atoms with Crippen LogP contribution in [0.15, 0.2) is 18.2 Å². The standard InChI is InChI=1S/C24H31N3O5/c1-24(13-31-14-24)12-25-18-4-2-3-5-20(18)32-16-6-7-17-15(10-16)11-27(23(17)30)19-8-9-21(28)26-22(19)29/h6-7,10,18-20,25H,2-5,8-9,11-14H2,1H3,(H,26,28,29)/t18-,19?,20-/m1/s1. The van der Waals surface area contributed by atoms with E-state index in [2.05, 4.69) is 17.6 Å². The lowest BCUT2D eigenvalue weighted by molar-refractivity contribution is -0.136. The van der Waals surface area contributed by atoms with Crippen LogP contribution in [0.25, 0.3) is 0 Å². The highest BCUT2D eigenvalue weighted by molar-refractivity contribution is 6.05. The molecule has 0 radical (unpaired) electrons. The first-order chi connectivity index (χ1) is 15.4. The summed E-state index contributed by atoms with van der Waals surface area (Å²) in [6, 6.07) is 5.30. The molecule has 2 saturated heterocycles. The van der Waals surface area contributed by atoms with Gasteiger partial charge in [0, 0.05) is 36.5 Å². The van der Waals surface area contributed by atoms with Crippen molar-refractivity contribution >= 4 is 17.7 Å². The van der Waals surface area contributed by atoms with Crippen molar-refractivity contribution in [2.75, 3.05) is 19.8 Å². The van der Waals surface area contributed by atoms with Crippen molar-refractivity contribution in [2.24, 2.45) is 5.41 Å². The Morgan fingerprint density at radius 2 is 2.00 bits per heavy atom. The summed E-state index contributed by atoms with van der Waals surface area (Å²) >= 11 is 0. The highest BCUT2D eigenvalue weighted by Crippen LogP contribution is 2.32. The summed E-state index contributed by atoms with van der Waals surface area (Å²) in [6.45, 7) is 5.15. The molecule has 0 spiro atoms. The number of imide groups is 1. The van der Waals surface area contributed by atoms with E-state index in [0.29, 0.717) is 24.6 Å². The summed E-state index contributed by atoms with van der Waals surface area (Å²) in [5.41, 5.74) is 1.70. The zero-order chi connectivity index (χ0) is 22.3. The fraction of sp³-hybridized carbons (Fsp3) is 0.625. The molecule has 3 atom stereocenters. The van der Waals surface area contributed by atoms with E-state index in [9.17, 15) is 14.4 Å². The molecule has 4 aliphatic rings. The summed E-state index contributed by atoms with van der Waals surface area (Å²) in [4.78, 5) is 38.2. The molecule has 8 heteroatoms. The van der Waals surface area contributed by atoms with Gasteiger partial charge in [-0.1, -0.05) is 13.3 Å². The van der Waals surface area contributed by atoms with Crippen LogP contribution in [-0.4, -0.2) is 60.6 Å². The van der Waals surface area contributed by atoms with E-state index in [1.54, 1.807) is 11.0 Å². The van der Waals surface area contributed by atoms with E-state index < -0.39 is 6.04 Å². The van der Waals surface area contributed by atoms with Gasteiger partial charge in [-0.15, -0.1) is 0 Å². The first kappa shape index (κ1) is 21.4. The molecular formula is C24H31N3O5. The van der Waals surface area contributed by atoms with Crippen molar-refractivity contribution in [1.82, 2.24) is 15.5 Å². The first-order valence-corrected chi connectivity index (χ1v) is 11.7. The van der Waals surface area contributed by atoms with Crippen LogP contribution in [0.2, 0.25) is 0 Å². The minimum Gasteiger partial charge on any atom is -0.489 e. The Labute approximate surface area is 188 Å². The summed E-state index contributed by atoms with van der Waals surface area (Å²) in [7, 11) is 0. The third-order valence-corrected chi connectivity index (χ3v) is 7.18. The van der Waals surface area contributed by atoms with Gasteiger partial charge in [0.1, 0.15) is 17.9 Å². The molecule has 0 aromatic heterocycles. The quantitative estimate of drug-likeness (QED) is 0.653. The normalized spacial score (nSPS) is 29.3. The summed E-state index contributed by atoms with van der Waals surface area (Å²) in [5.74, 6) is -0.0612. The van der Waals surface area contributed by atoms with E-state index in [1.807, 2.05) is 12.1 Å². The van der Waals surface area contributed by atoms with Gasteiger partial charge in [-0.05, 0) is 49.4 Å². The first-order valence-electron chi connectivity index (χ1n) is 11.7. The second-order valence-electron chi connectivity index (χ2n) is 9.95. The van der Waals surface area contributed by atoms with Crippen LogP contribution in [0.5, 0.6) is 5.75 Å². The molecule has 3 amide bonds. The van der Waals surface area contributed by atoms with Crippen molar-refractivity contribution in [3.8, 4) is 5.75 Å². The molecule has 1 unspecified atom stereocenters. The lowest BCUT2D eigenvalue weighted by Gasteiger charge is -2.41. The number of piperidine rings is 1. The molecule has 3 heterocycles. The highest BCUT2D eigenvalue weighted by Gasteiger charge is 2.39. The number of nitrogens with one attached hydrogen (secondary N) is 2. The molecule has 0 bridgehead atoms. The van der Waals surface area contributed by atoms with Crippen molar-refractivity contribution in [1.29, 1.82) is 0 Å². The smallest absolute Gasteiger partial charge is 0.255 e. The molecule has 32 heavy (non-hydrogen) atoms. The third-order valence-electron chi connectivity index (χ3n) is 7.18. The monoisotopic (exact) mass is 441 g/mol. The molecule has 3 aliphatic heterocycles. The fourth-order valence-corrected chi connectivity index (χ4v) is 5.20. The summed E-state index contributed by atoms with van der Waals surface area (Å²) in [6.07, 6.45) is 5.16. The number of rotatable bonds is 6. The molecule has 1 aliphatic carbocycles. The van der Waals surface area contributed by atoms with Gasteiger partial charge in [0.15, 0.2) is 0 Å². The number of ether oxygens (including phenoxy) is 2. The number of fused-ring (bicyclic) bond motifs is 1. The van der Waals surface area contributed by atoms with Crippen molar-refractivity contribution < 1.29 is 23.9 Å². The van der Waals surface area contributed by atoms with Gasteiger partial charge < -0.3 is 19.7 Å². The number of benzene rings is 1. The van der Waals surface area contributed by atoms with Crippen molar-refractivity contribution in [2.45, 2.75) is 70.2 Å². The largest absolute Gasteiger partial charge is 0.489 e. The molecule has 5 rings (SSSR count). The van der Waals surface area contributed by atoms with Crippen LogP contribution < -0.4 is 15.4 Å². The zero-order valence-electron chi connectivity index (χ0n) is 18.5. The Balaban J connectivity index is 1.25. The molecule has 3 fully saturated rings. The van der Waals surface area contributed by atoms with Gasteiger partial charge in [-0.3, -0.25) is 19.7 Å². The zero-order valence-corrected chi connectivity index (χ0v) is 18.5. The van der Waals surface area contributed by atoms with Gasteiger partial charge >= 0.3 is 0 Å². The van der Waals surface area contributed by atoms with E-state index in [1.165, 1.54) is 6.42 Å². The van der Waals surface area contributed by atoms with Gasteiger partial charge in [0.25, 0.3) is 5.91 Å². The number of amides is 3. The molecule has 2 N–H and O–H groups in total. The highest BCUT2D eigenvalue weighted by atomic mass is 16.5. The van der Waals surface area contributed by atoms with Crippen LogP contribution in [-0.2, 0) is 20.9 Å². The minimum atomic E-state index is -0.597. The van der Waals surface area contributed by atoms with E-state index in [4.69, 9.17) is 9.47 Å². The number of carbonyl (C=O) groups is 3. The summed E-state index contributed by atoms with van der Waals surface area (Å²) < 4.78 is 11.8. The maximum absolute atomic E-state index is 12.9. The summed E-state index contributed by atoms with van der Waals surface area (Å²) in [5, 5.41) is 6.06. The predicted octanol–water partition coefficient (Wildman–Crippen LogP) is 1.76. The van der Waals surface area contributed by atoms with E-state index in [0.717, 1.165) is 50.3 Å².